The maximum Gasteiger partial charge on any atom is 0.317 e. The van der Waals surface area contributed by atoms with Crippen LogP contribution in [0.3, 0.4) is 0 Å². The third-order valence-electron chi connectivity index (χ3n) is 11.4. The highest BCUT2D eigenvalue weighted by Gasteiger charge is 2.53. The molecule has 0 heterocycles. The molecule has 0 spiro atoms. The SMILES string of the molecule is CC[Si](C)(O[Si](C)(C)O[Si](C)(C)O[Si](C)(C)CCc1ccccc1)O[Si](C)(C)O[Si](C)(C)O[Si](C)(CCc1ccccc1)O[Si](C)(C)O[Si](C)(C)O[Si](C)(C)O[Si](C)(C)O[Si](C)(C)CCc1ccccc1. The molecular formula is C48H98O11Si12. The van der Waals surface area contributed by atoms with Crippen LogP contribution in [0.4, 0.5) is 0 Å². The van der Waals surface area contributed by atoms with Gasteiger partial charge >= 0.3 is 85.6 Å². The molecule has 0 fully saturated rings. The van der Waals surface area contributed by atoms with Crippen LogP contribution in [0, 0.1) is 0 Å². The molecular weight excluding hydrogens is 1090 g/mol. The Morgan fingerprint density at radius 3 is 0.718 bits per heavy atom. The molecule has 3 aromatic carbocycles. The summed E-state index contributed by atoms with van der Waals surface area (Å²) in [5.74, 6) is 0. The zero-order valence-corrected chi connectivity index (χ0v) is 60.6. The standard InChI is InChI=1S/C48H98O11Si12/c1-24-70(22,56-66(14,15)52-63(8,9)50-61(4,5)44-41-47-36-30-26-31-37-47)57-67(16,17)55-69(20,21)59-71(23,45-42-48-38-32-27-33-39-48)58-68(18,19)54-65(12,13)53-64(10,11)51-62(6,7)49-60(2,3)43-40-46-34-28-25-29-35-46/h25-39H,24,40-45H2,1-23H3. The Morgan fingerprint density at radius 2 is 0.465 bits per heavy atom. The van der Waals surface area contributed by atoms with E-state index in [0.29, 0.717) is 0 Å². The Balaban J connectivity index is 1.73. The molecule has 2 atom stereocenters. The van der Waals surface area contributed by atoms with E-state index in [2.05, 4.69) is 242 Å². The number of hydrogen-bond donors (Lipinski definition) is 0. The Morgan fingerprint density at radius 1 is 0.254 bits per heavy atom. The zero-order valence-electron chi connectivity index (χ0n) is 48.6. The van der Waals surface area contributed by atoms with Gasteiger partial charge < -0.3 is 45.3 Å². The van der Waals surface area contributed by atoms with Crippen molar-refractivity contribution in [2.75, 3.05) is 0 Å². The summed E-state index contributed by atoms with van der Waals surface area (Å²) in [6.45, 7) is 49.9. The maximum atomic E-state index is 7.35. The first kappa shape index (κ1) is 65.1. The van der Waals surface area contributed by atoms with Crippen LogP contribution in [0.5, 0.6) is 0 Å². The fourth-order valence-corrected chi connectivity index (χ4v) is 71.8. The van der Waals surface area contributed by atoms with E-state index in [-0.39, 0.29) is 0 Å². The van der Waals surface area contributed by atoms with Crippen LogP contribution in [-0.4, -0.2) is 102 Å². The molecule has 2 unspecified atom stereocenters. The van der Waals surface area contributed by atoms with Crippen LogP contribution in [0.15, 0.2) is 91.0 Å². The van der Waals surface area contributed by atoms with Crippen LogP contribution in [-0.2, 0) is 64.5 Å². The predicted molar refractivity (Wildman–Crippen MR) is 325 cm³/mol. The van der Waals surface area contributed by atoms with Crippen molar-refractivity contribution in [2.24, 2.45) is 0 Å². The summed E-state index contributed by atoms with van der Waals surface area (Å²) >= 11 is 0. The van der Waals surface area contributed by atoms with Crippen molar-refractivity contribution in [1.29, 1.82) is 0 Å². The monoisotopic (exact) mass is 1190 g/mol. The van der Waals surface area contributed by atoms with Gasteiger partial charge in [0.25, 0.3) is 0 Å². The van der Waals surface area contributed by atoms with Crippen molar-refractivity contribution < 1.29 is 45.3 Å². The van der Waals surface area contributed by atoms with E-state index in [4.69, 9.17) is 45.3 Å². The van der Waals surface area contributed by atoms with Crippen molar-refractivity contribution in [2.45, 2.75) is 194 Å². The first-order valence-electron chi connectivity index (χ1n) is 25.9. The molecule has 11 nitrogen and oxygen atoms in total. The summed E-state index contributed by atoms with van der Waals surface area (Å²) in [5.41, 5.74) is 3.93. The second-order valence-corrected chi connectivity index (χ2v) is 69.6. The van der Waals surface area contributed by atoms with Gasteiger partial charge in [-0.15, -0.1) is 0 Å². The highest BCUT2D eigenvalue weighted by atomic mass is 28.5. The van der Waals surface area contributed by atoms with Gasteiger partial charge in [0.2, 0.25) is 0 Å². The zero-order chi connectivity index (χ0) is 54.1. The molecule has 71 heavy (non-hydrogen) atoms. The minimum Gasteiger partial charge on any atom is -0.436 e. The van der Waals surface area contributed by atoms with Crippen LogP contribution in [0.25, 0.3) is 0 Å². The van der Waals surface area contributed by atoms with Crippen molar-refractivity contribution in [3.63, 3.8) is 0 Å². The molecule has 0 aliphatic heterocycles. The van der Waals surface area contributed by atoms with Gasteiger partial charge in [0.1, 0.15) is 0 Å². The molecule has 0 N–H and O–H groups in total. The molecule has 0 saturated heterocycles. The Hall–Kier alpha value is -0.177. The second-order valence-electron chi connectivity index (χ2n) is 24.4. The van der Waals surface area contributed by atoms with E-state index >= 15 is 0 Å². The van der Waals surface area contributed by atoms with E-state index in [1.165, 1.54) is 16.7 Å². The summed E-state index contributed by atoms with van der Waals surface area (Å²) in [6.07, 6.45) is 2.82. The summed E-state index contributed by atoms with van der Waals surface area (Å²) in [7, 11) is -31.8. The van der Waals surface area contributed by atoms with E-state index in [0.717, 1.165) is 43.4 Å². The summed E-state index contributed by atoms with van der Waals surface area (Å²) in [6, 6.07) is 35.5. The maximum absolute atomic E-state index is 7.35. The molecule has 0 saturated carbocycles. The van der Waals surface area contributed by atoms with E-state index in [1.807, 2.05) is 0 Å². The van der Waals surface area contributed by atoms with Crippen LogP contribution in [0.2, 0.25) is 168 Å². The van der Waals surface area contributed by atoms with E-state index < -0.39 is 102 Å². The van der Waals surface area contributed by atoms with Gasteiger partial charge in [0.15, 0.2) is 16.6 Å². The lowest BCUT2D eigenvalue weighted by Gasteiger charge is -2.46. The smallest absolute Gasteiger partial charge is 0.317 e. The van der Waals surface area contributed by atoms with Crippen LogP contribution >= 0.6 is 0 Å². The Bertz CT molecular complexity index is 2070. The number of hydrogen-bond acceptors (Lipinski definition) is 11. The first-order valence-corrected chi connectivity index (χ1v) is 59.7. The minimum atomic E-state index is -3.00. The molecule has 0 amide bonds. The fourth-order valence-electron chi connectivity index (χ4n) is 10.1. The average molecular weight is 1190 g/mol. The second kappa shape index (κ2) is 25.5. The van der Waals surface area contributed by atoms with E-state index in [9.17, 15) is 0 Å². The molecule has 0 aliphatic rings. The van der Waals surface area contributed by atoms with Crippen molar-refractivity contribution >= 4 is 102 Å². The van der Waals surface area contributed by atoms with Crippen molar-refractivity contribution in [3.05, 3.63) is 108 Å². The minimum absolute atomic E-state index is 0.738. The number of benzene rings is 3. The van der Waals surface area contributed by atoms with Crippen molar-refractivity contribution in [3.8, 4) is 0 Å². The predicted octanol–water partition coefficient (Wildman–Crippen LogP) is 15.1. The third kappa shape index (κ3) is 26.2. The summed E-state index contributed by atoms with van der Waals surface area (Å²) in [4.78, 5) is 0. The molecule has 0 bridgehead atoms. The molecule has 3 rings (SSSR count). The topological polar surface area (TPSA) is 102 Å². The highest BCUT2D eigenvalue weighted by Crippen LogP contribution is 2.35. The van der Waals surface area contributed by atoms with E-state index in [1.54, 1.807) is 0 Å². The van der Waals surface area contributed by atoms with Gasteiger partial charge in [-0.2, -0.15) is 0 Å². The molecule has 0 aromatic heterocycles. The lowest BCUT2D eigenvalue weighted by molar-refractivity contribution is 0.249. The van der Waals surface area contributed by atoms with Crippen LogP contribution < -0.4 is 0 Å². The van der Waals surface area contributed by atoms with Gasteiger partial charge in [-0.05, 0) is 204 Å². The fraction of sp³-hybridized carbons (Fsp3) is 0.625. The highest BCUT2D eigenvalue weighted by molar-refractivity contribution is 6.94. The van der Waals surface area contributed by atoms with Gasteiger partial charge in [-0.3, -0.25) is 0 Å². The normalized spacial score (nSPS) is 15.9. The largest absolute Gasteiger partial charge is 0.436 e. The number of rotatable bonds is 32. The lowest BCUT2D eigenvalue weighted by Crippen LogP contribution is -2.63. The first-order chi connectivity index (χ1) is 32.1. The summed E-state index contributed by atoms with van der Waals surface area (Å²) < 4.78 is 78.0. The lowest BCUT2D eigenvalue weighted by atomic mass is 10.2. The Labute approximate surface area is 446 Å². The van der Waals surface area contributed by atoms with Crippen molar-refractivity contribution in [1.82, 2.24) is 0 Å². The molecule has 23 heteroatoms. The quantitative estimate of drug-likeness (QED) is 0.0559. The molecule has 404 valence electrons. The average Bonchev–Trinajstić information content (AvgIpc) is 3.15. The molecule has 0 radical (unpaired) electrons. The molecule has 0 aliphatic carbocycles. The molecule has 3 aromatic rings. The third-order valence-corrected chi connectivity index (χ3v) is 59.6. The van der Waals surface area contributed by atoms with Gasteiger partial charge in [0.05, 0.1) is 0 Å². The van der Waals surface area contributed by atoms with Crippen LogP contribution in [0.1, 0.15) is 23.6 Å². The van der Waals surface area contributed by atoms with Gasteiger partial charge in [-0.25, -0.2) is 0 Å². The van der Waals surface area contributed by atoms with Gasteiger partial charge in [0, 0.05) is 0 Å². The van der Waals surface area contributed by atoms with Gasteiger partial charge in [-0.1, -0.05) is 97.9 Å². The Kier molecular flexibility index (Phi) is 23.4. The number of aryl methyl sites for hydroxylation is 3. The summed E-state index contributed by atoms with van der Waals surface area (Å²) in [5, 5.41) is 0.